The van der Waals surface area contributed by atoms with Gasteiger partial charge in [0.05, 0.1) is 6.20 Å². The summed E-state index contributed by atoms with van der Waals surface area (Å²) in [4.78, 5) is 18.3. The number of carboxylic acid groups (broad SMARTS) is 1. The fourth-order valence-corrected chi connectivity index (χ4v) is 1.26. The smallest absolute Gasteiger partial charge is 0.303 e. The number of rotatable bonds is 6. The number of hydrogen-bond acceptors (Lipinski definition) is 4. The molecule has 0 spiro atoms. The van der Waals surface area contributed by atoms with Gasteiger partial charge in [0.25, 0.3) is 0 Å². The number of aromatic nitrogens is 2. The van der Waals surface area contributed by atoms with E-state index in [1.54, 1.807) is 18.6 Å². The Labute approximate surface area is 88.6 Å². The molecule has 0 aromatic carbocycles. The minimum atomic E-state index is -0.748. The van der Waals surface area contributed by atoms with E-state index in [2.05, 4.69) is 15.3 Å². The van der Waals surface area contributed by atoms with Gasteiger partial charge in [0, 0.05) is 24.9 Å². The van der Waals surface area contributed by atoms with Gasteiger partial charge >= 0.3 is 5.97 Å². The first-order chi connectivity index (χ1) is 7.18. The molecule has 1 rings (SSSR count). The summed E-state index contributed by atoms with van der Waals surface area (Å²) >= 11 is 0. The molecule has 2 N–H and O–H groups in total. The molecule has 15 heavy (non-hydrogen) atoms. The van der Waals surface area contributed by atoms with E-state index in [1.165, 1.54) is 0 Å². The van der Waals surface area contributed by atoms with Crippen molar-refractivity contribution in [1.29, 1.82) is 0 Å². The number of carbonyl (C=O) groups is 1. The molecule has 0 saturated carbocycles. The quantitative estimate of drug-likeness (QED) is 0.743. The van der Waals surface area contributed by atoms with Crippen LogP contribution in [-0.2, 0) is 4.79 Å². The van der Waals surface area contributed by atoms with Crippen molar-refractivity contribution in [3.05, 3.63) is 18.6 Å². The first-order valence-corrected chi connectivity index (χ1v) is 4.93. The predicted molar refractivity (Wildman–Crippen MR) is 56.6 cm³/mol. The fraction of sp³-hybridized carbons (Fsp3) is 0.500. The molecular formula is C10H15N3O2. The van der Waals surface area contributed by atoms with Crippen LogP contribution in [0.25, 0.3) is 0 Å². The second-order valence-electron chi connectivity index (χ2n) is 3.42. The van der Waals surface area contributed by atoms with Crippen molar-refractivity contribution in [2.45, 2.75) is 32.2 Å². The number of carboxylic acids is 1. The number of aliphatic carboxylic acids is 1. The molecule has 0 aliphatic heterocycles. The first kappa shape index (κ1) is 11.4. The molecule has 5 heteroatoms. The molecule has 5 nitrogen and oxygen atoms in total. The molecule has 0 aliphatic carbocycles. The Hall–Kier alpha value is -1.65. The summed E-state index contributed by atoms with van der Waals surface area (Å²) in [6, 6.07) is 0.209. The van der Waals surface area contributed by atoms with Crippen LogP contribution in [0.3, 0.4) is 0 Å². The second kappa shape index (κ2) is 5.95. The maximum absolute atomic E-state index is 10.3. The van der Waals surface area contributed by atoms with Crippen molar-refractivity contribution in [1.82, 2.24) is 9.97 Å². The number of nitrogens with zero attached hydrogens (tertiary/aromatic N) is 2. The van der Waals surface area contributed by atoms with Crippen LogP contribution < -0.4 is 5.32 Å². The van der Waals surface area contributed by atoms with Crippen LogP contribution >= 0.6 is 0 Å². The molecule has 0 fully saturated rings. The third-order valence-electron chi connectivity index (χ3n) is 1.99. The van der Waals surface area contributed by atoms with Gasteiger partial charge in [0.15, 0.2) is 0 Å². The van der Waals surface area contributed by atoms with Gasteiger partial charge in [-0.25, -0.2) is 4.98 Å². The first-order valence-electron chi connectivity index (χ1n) is 4.93. The van der Waals surface area contributed by atoms with E-state index in [4.69, 9.17) is 5.11 Å². The number of hydrogen-bond donors (Lipinski definition) is 2. The fourth-order valence-electron chi connectivity index (χ4n) is 1.26. The molecule has 82 valence electrons. The summed E-state index contributed by atoms with van der Waals surface area (Å²) in [7, 11) is 0. The van der Waals surface area contributed by atoms with E-state index in [0.29, 0.717) is 6.42 Å². The highest BCUT2D eigenvalue weighted by atomic mass is 16.4. The van der Waals surface area contributed by atoms with E-state index in [1.807, 2.05) is 6.92 Å². The Morgan fingerprint density at radius 1 is 1.60 bits per heavy atom. The Morgan fingerprint density at radius 3 is 3.00 bits per heavy atom. The molecule has 1 atom stereocenters. The lowest BCUT2D eigenvalue weighted by molar-refractivity contribution is -0.137. The molecule has 1 aromatic rings. The van der Waals surface area contributed by atoms with Crippen molar-refractivity contribution >= 4 is 11.8 Å². The van der Waals surface area contributed by atoms with Crippen molar-refractivity contribution in [3.8, 4) is 0 Å². The van der Waals surface area contributed by atoms with Gasteiger partial charge in [-0.15, -0.1) is 0 Å². The lowest BCUT2D eigenvalue weighted by atomic mass is 10.1. The van der Waals surface area contributed by atoms with Gasteiger partial charge in [-0.3, -0.25) is 9.78 Å². The molecule has 1 heterocycles. The summed E-state index contributed by atoms with van der Waals surface area (Å²) < 4.78 is 0. The van der Waals surface area contributed by atoms with Crippen LogP contribution in [0, 0.1) is 0 Å². The van der Waals surface area contributed by atoms with E-state index in [0.717, 1.165) is 12.2 Å². The summed E-state index contributed by atoms with van der Waals surface area (Å²) in [5.74, 6) is -0.0259. The third-order valence-corrected chi connectivity index (χ3v) is 1.99. The van der Waals surface area contributed by atoms with Crippen LogP contribution in [0.4, 0.5) is 5.82 Å². The zero-order valence-electron chi connectivity index (χ0n) is 8.68. The van der Waals surface area contributed by atoms with Crippen LogP contribution in [0.5, 0.6) is 0 Å². The zero-order valence-corrected chi connectivity index (χ0v) is 8.68. The number of nitrogens with one attached hydrogen (secondary N) is 1. The van der Waals surface area contributed by atoms with Gasteiger partial charge in [-0.1, -0.05) is 0 Å². The van der Waals surface area contributed by atoms with Crippen LogP contribution in [0.2, 0.25) is 0 Å². The summed E-state index contributed by atoms with van der Waals surface area (Å²) in [6.07, 6.45) is 6.57. The molecule has 1 unspecified atom stereocenters. The third kappa shape index (κ3) is 4.95. The molecule has 1 aromatic heterocycles. The molecule has 0 bridgehead atoms. The Morgan fingerprint density at radius 2 is 2.40 bits per heavy atom. The normalized spacial score (nSPS) is 12.1. The van der Waals surface area contributed by atoms with Gasteiger partial charge < -0.3 is 10.4 Å². The molecule has 0 radical (unpaired) electrons. The van der Waals surface area contributed by atoms with Gasteiger partial charge in [-0.2, -0.15) is 0 Å². The van der Waals surface area contributed by atoms with E-state index in [9.17, 15) is 4.79 Å². The van der Waals surface area contributed by atoms with Crippen molar-refractivity contribution in [3.63, 3.8) is 0 Å². The van der Waals surface area contributed by atoms with Crippen molar-refractivity contribution in [2.24, 2.45) is 0 Å². The molecule has 0 aliphatic rings. The summed E-state index contributed by atoms with van der Waals surface area (Å²) in [5.41, 5.74) is 0. The maximum Gasteiger partial charge on any atom is 0.303 e. The van der Waals surface area contributed by atoms with Crippen LogP contribution in [0.15, 0.2) is 18.6 Å². The Balaban J connectivity index is 2.24. The topological polar surface area (TPSA) is 75.1 Å². The standard InChI is InChI=1S/C10H15N3O2/c1-8(3-2-4-10(14)15)13-9-7-11-5-6-12-9/h5-8H,2-4H2,1H3,(H,12,13)(H,14,15). The largest absolute Gasteiger partial charge is 0.481 e. The van der Waals surface area contributed by atoms with Crippen molar-refractivity contribution < 1.29 is 9.90 Å². The monoisotopic (exact) mass is 209 g/mol. The highest BCUT2D eigenvalue weighted by Crippen LogP contribution is 2.06. The van der Waals surface area contributed by atoms with Crippen molar-refractivity contribution in [2.75, 3.05) is 5.32 Å². The summed E-state index contributed by atoms with van der Waals surface area (Å²) in [6.45, 7) is 2.00. The highest BCUT2D eigenvalue weighted by Gasteiger charge is 2.04. The van der Waals surface area contributed by atoms with E-state index in [-0.39, 0.29) is 12.5 Å². The van der Waals surface area contributed by atoms with Gasteiger partial charge in [-0.05, 0) is 19.8 Å². The lowest BCUT2D eigenvalue weighted by Gasteiger charge is -2.12. The van der Waals surface area contributed by atoms with E-state index >= 15 is 0 Å². The van der Waals surface area contributed by atoms with E-state index < -0.39 is 5.97 Å². The van der Waals surface area contributed by atoms with Gasteiger partial charge in [0.2, 0.25) is 0 Å². The minimum Gasteiger partial charge on any atom is -0.481 e. The Bertz CT molecular complexity index is 303. The lowest BCUT2D eigenvalue weighted by Crippen LogP contribution is -2.16. The Kier molecular flexibility index (Phi) is 4.53. The zero-order chi connectivity index (χ0) is 11.1. The average Bonchev–Trinajstić information content (AvgIpc) is 2.18. The second-order valence-corrected chi connectivity index (χ2v) is 3.42. The summed E-state index contributed by atoms with van der Waals surface area (Å²) in [5, 5.41) is 11.6. The van der Waals surface area contributed by atoms with Crippen LogP contribution in [0.1, 0.15) is 26.2 Å². The minimum absolute atomic E-state index is 0.209. The molecule has 0 amide bonds. The van der Waals surface area contributed by atoms with Gasteiger partial charge in [0.1, 0.15) is 5.82 Å². The highest BCUT2D eigenvalue weighted by molar-refractivity contribution is 5.66. The number of anilines is 1. The SMILES string of the molecule is CC(CCCC(=O)O)Nc1cnccn1. The van der Waals surface area contributed by atoms with Crippen LogP contribution in [-0.4, -0.2) is 27.1 Å². The average molecular weight is 209 g/mol. The molecular weight excluding hydrogens is 194 g/mol. The molecule has 0 saturated heterocycles. The maximum atomic E-state index is 10.3. The predicted octanol–water partition coefficient (Wildman–Crippen LogP) is 1.53.